The summed E-state index contributed by atoms with van der Waals surface area (Å²) in [5.74, 6) is 1.45. The van der Waals surface area contributed by atoms with Crippen molar-refractivity contribution in [3.8, 4) is 0 Å². The van der Waals surface area contributed by atoms with Crippen molar-refractivity contribution in [2.75, 3.05) is 13.2 Å². The monoisotopic (exact) mass is 268 g/mol. The Labute approximate surface area is 116 Å². The minimum absolute atomic E-state index is 0.112. The Bertz CT molecular complexity index is 293. The van der Waals surface area contributed by atoms with Gasteiger partial charge in [0.25, 0.3) is 0 Å². The normalized spacial score (nSPS) is 34.8. The van der Waals surface area contributed by atoms with E-state index in [2.05, 4.69) is 19.2 Å². The van der Waals surface area contributed by atoms with Gasteiger partial charge in [0.15, 0.2) is 0 Å². The lowest BCUT2D eigenvalue weighted by atomic mass is 9.79. The number of hydrogen-bond acceptors (Lipinski definition) is 3. The fraction of sp³-hybridized carbons (Fsp3) is 0.933. The van der Waals surface area contributed by atoms with Gasteiger partial charge >= 0.3 is 0 Å². The molecule has 4 unspecified atom stereocenters. The van der Waals surface area contributed by atoms with Crippen LogP contribution >= 0.6 is 0 Å². The Hall–Kier alpha value is -0.610. The summed E-state index contributed by atoms with van der Waals surface area (Å²) in [4.78, 5) is 12.3. The molecule has 2 fully saturated rings. The highest BCUT2D eigenvalue weighted by Crippen LogP contribution is 2.28. The van der Waals surface area contributed by atoms with Crippen LogP contribution in [0.15, 0.2) is 0 Å². The van der Waals surface area contributed by atoms with E-state index in [1.165, 1.54) is 0 Å². The molecule has 3 N–H and O–H groups in total. The summed E-state index contributed by atoms with van der Waals surface area (Å²) >= 11 is 0. The second-order valence-electron chi connectivity index (χ2n) is 6.52. The maximum absolute atomic E-state index is 12.3. The molecule has 0 aromatic heterocycles. The maximum Gasteiger partial charge on any atom is 0.223 e. The number of ether oxygens (including phenoxy) is 1. The second-order valence-corrected chi connectivity index (χ2v) is 6.52. The first kappa shape index (κ1) is 14.8. The van der Waals surface area contributed by atoms with Gasteiger partial charge in [-0.15, -0.1) is 0 Å². The van der Waals surface area contributed by atoms with Crippen molar-refractivity contribution >= 4 is 5.91 Å². The average molecular weight is 268 g/mol. The lowest BCUT2D eigenvalue weighted by Gasteiger charge is -2.33. The molecule has 4 heteroatoms. The third-order valence-corrected chi connectivity index (χ3v) is 4.69. The van der Waals surface area contributed by atoms with Crippen LogP contribution in [0.25, 0.3) is 0 Å². The summed E-state index contributed by atoms with van der Waals surface area (Å²) in [6.07, 6.45) is 5.00. The first-order chi connectivity index (χ1) is 9.06. The SMILES string of the molecule is CC1CC(N)CC(C(=O)NC(C)C2CCOCC2)C1. The first-order valence-electron chi connectivity index (χ1n) is 7.70. The molecule has 1 aliphatic carbocycles. The lowest BCUT2D eigenvalue weighted by molar-refractivity contribution is -0.127. The maximum atomic E-state index is 12.3. The highest BCUT2D eigenvalue weighted by molar-refractivity contribution is 5.79. The van der Waals surface area contributed by atoms with Gasteiger partial charge in [-0.2, -0.15) is 0 Å². The van der Waals surface area contributed by atoms with E-state index < -0.39 is 0 Å². The largest absolute Gasteiger partial charge is 0.381 e. The number of amides is 1. The van der Waals surface area contributed by atoms with Gasteiger partial charge in [-0.25, -0.2) is 0 Å². The van der Waals surface area contributed by atoms with Crippen molar-refractivity contribution in [3.05, 3.63) is 0 Å². The van der Waals surface area contributed by atoms with Crippen molar-refractivity contribution in [1.29, 1.82) is 0 Å². The van der Waals surface area contributed by atoms with E-state index >= 15 is 0 Å². The molecule has 1 saturated carbocycles. The van der Waals surface area contributed by atoms with Crippen LogP contribution in [-0.4, -0.2) is 31.2 Å². The van der Waals surface area contributed by atoms with Crippen molar-refractivity contribution in [2.45, 2.75) is 58.0 Å². The summed E-state index contributed by atoms with van der Waals surface area (Å²) in [5.41, 5.74) is 6.03. The molecule has 1 amide bonds. The molecule has 2 rings (SSSR count). The van der Waals surface area contributed by atoms with E-state index in [1.54, 1.807) is 0 Å². The van der Waals surface area contributed by atoms with E-state index in [-0.39, 0.29) is 23.9 Å². The van der Waals surface area contributed by atoms with E-state index in [4.69, 9.17) is 10.5 Å². The molecule has 1 heterocycles. The van der Waals surface area contributed by atoms with Crippen LogP contribution < -0.4 is 11.1 Å². The summed E-state index contributed by atoms with van der Waals surface area (Å²) in [5, 5.41) is 3.21. The smallest absolute Gasteiger partial charge is 0.223 e. The predicted molar refractivity (Wildman–Crippen MR) is 75.6 cm³/mol. The van der Waals surface area contributed by atoms with Crippen LogP contribution in [0.2, 0.25) is 0 Å². The molecule has 0 radical (unpaired) electrons. The standard InChI is InChI=1S/C15H28N2O2/c1-10-7-13(9-14(16)8-10)15(18)17-11(2)12-3-5-19-6-4-12/h10-14H,3-9,16H2,1-2H3,(H,17,18). The molecule has 2 aliphatic rings. The molecule has 0 spiro atoms. The lowest BCUT2D eigenvalue weighted by Crippen LogP contribution is -2.46. The van der Waals surface area contributed by atoms with Crippen LogP contribution in [0, 0.1) is 17.8 Å². The van der Waals surface area contributed by atoms with Gasteiger partial charge in [0.05, 0.1) is 0 Å². The minimum Gasteiger partial charge on any atom is -0.381 e. The molecular weight excluding hydrogens is 240 g/mol. The first-order valence-corrected chi connectivity index (χ1v) is 7.70. The average Bonchev–Trinajstić information content (AvgIpc) is 2.38. The minimum atomic E-state index is 0.112. The Kier molecular flexibility index (Phi) is 5.22. The molecule has 19 heavy (non-hydrogen) atoms. The Morgan fingerprint density at radius 1 is 1.26 bits per heavy atom. The quantitative estimate of drug-likeness (QED) is 0.818. The second kappa shape index (κ2) is 6.71. The molecule has 4 nitrogen and oxygen atoms in total. The number of hydrogen-bond donors (Lipinski definition) is 2. The number of nitrogens with one attached hydrogen (secondary N) is 1. The highest BCUT2D eigenvalue weighted by Gasteiger charge is 2.31. The van der Waals surface area contributed by atoms with E-state index in [1.807, 2.05) is 0 Å². The van der Waals surface area contributed by atoms with Gasteiger partial charge in [0, 0.05) is 31.2 Å². The van der Waals surface area contributed by atoms with Crippen LogP contribution in [0.3, 0.4) is 0 Å². The summed E-state index contributed by atoms with van der Waals surface area (Å²) < 4.78 is 5.37. The molecule has 0 bridgehead atoms. The zero-order valence-corrected chi connectivity index (χ0v) is 12.2. The summed E-state index contributed by atoms with van der Waals surface area (Å²) in [6.45, 7) is 5.98. The van der Waals surface area contributed by atoms with Gasteiger partial charge < -0.3 is 15.8 Å². The Morgan fingerprint density at radius 2 is 1.95 bits per heavy atom. The Balaban J connectivity index is 1.82. The molecular formula is C15H28N2O2. The third kappa shape index (κ3) is 4.18. The van der Waals surface area contributed by atoms with Gasteiger partial charge in [-0.3, -0.25) is 4.79 Å². The van der Waals surface area contributed by atoms with Crippen LogP contribution in [0.5, 0.6) is 0 Å². The number of rotatable bonds is 3. The van der Waals surface area contributed by atoms with Crippen molar-refractivity contribution in [2.24, 2.45) is 23.5 Å². The van der Waals surface area contributed by atoms with Crippen molar-refractivity contribution < 1.29 is 9.53 Å². The van der Waals surface area contributed by atoms with E-state index in [9.17, 15) is 4.79 Å². The van der Waals surface area contributed by atoms with E-state index in [0.29, 0.717) is 11.8 Å². The zero-order valence-electron chi connectivity index (χ0n) is 12.2. The van der Waals surface area contributed by atoms with Gasteiger partial charge in [0.1, 0.15) is 0 Å². The fourth-order valence-electron chi connectivity index (χ4n) is 3.55. The summed E-state index contributed by atoms with van der Waals surface area (Å²) in [6, 6.07) is 0.447. The van der Waals surface area contributed by atoms with Crippen molar-refractivity contribution in [3.63, 3.8) is 0 Å². The number of nitrogens with two attached hydrogens (primary N) is 1. The zero-order chi connectivity index (χ0) is 13.8. The molecule has 1 aliphatic heterocycles. The van der Waals surface area contributed by atoms with Gasteiger partial charge in [-0.05, 0) is 50.9 Å². The Morgan fingerprint density at radius 3 is 2.58 bits per heavy atom. The van der Waals surface area contributed by atoms with Crippen LogP contribution in [0.1, 0.15) is 46.0 Å². The fourth-order valence-corrected chi connectivity index (χ4v) is 3.55. The number of carbonyl (C=O) groups excluding carboxylic acids is 1. The van der Waals surface area contributed by atoms with Gasteiger partial charge in [0.2, 0.25) is 5.91 Å². The van der Waals surface area contributed by atoms with Crippen LogP contribution in [-0.2, 0) is 9.53 Å². The van der Waals surface area contributed by atoms with Gasteiger partial charge in [-0.1, -0.05) is 6.92 Å². The van der Waals surface area contributed by atoms with Crippen LogP contribution in [0.4, 0.5) is 0 Å². The summed E-state index contributed by atoms with van der Waals surface area (Å²) in [7, 11) is 0. The molecule has 1 saturated heterocycles. The molecule has 110 valence electrons. The van der Waals surface area contributed by atoms with Crippen molar-refractivity contribution in [1.82, 2.24) is 5.32 Å². The number of carbonyl (C=O) groups is 1. The topological polar surface area (TPSA) is 64.4 Å². The highest BCUT2D eigenvalue weighted by atomic mass is 16.5. The van der Waals surface area contributed by atoms with E-state index in [0.717, 1.165) is 45.3 Å². The predicted octanol–water partition coefficient (Wildman–Crippen LogP) is 1.68. The third-order valence-electron chi connectivity index (χ3n) is 4.69. The molecule has 4 atom stereocenters. The molecule has 0 aromatic rings. The molecule has 0 aromatic carbocycles.